The van der Waals surface area contributed by atoms with Crippen LogP contribution in [0.3, 0.4) is 0 Å². The van der Waals surface area contributed by atoms with E-state index < -0.39 is 0 Å². The van der Waals surface area contributed by atoms with Crippen LogP contribution in [0.4, 0.5) is 22.7 Å². The van der Waals surface area contributed by atoms with Crippen molar-refractivity contribution in [2.24, 2.45) is 0 Å². The van der Waals surface area contributed by atoms with Gasteiger partial charge in [-0.2, -0.15) is 0 Å². The molecule has 64 heavy (non-hydrogen) atoms. The molecule has 0 unspecified atom stereocenters. The third-order valence-electron chi connectivity index (χ3n) is 12.5. The van der Waals surface area contributed by atoms with Gasteiger partial charge in [0.15, 0.2) is 0 Å². The smallest absolute Gasteiger partial charge is 0.132 e. The van der Waals surface area contributed by atoms with E-state index in [-0.39, 0.29) is 0 Å². The molecule has 8 heteroatoms. The summed E-state index contributed by atoms with van der Waals surface area (Å²) in [6.45, 7) is 0. The predicted molar refractivity (Wildman–Crippen MR) is 279 cm³/mol. The molecule has 5 heterocycles. The predicted octanol–water partition coefficient (Wildman–Crippen LogP) is 12.1. The van der Waals surface area contributed by atoms with E-state index in [9.17, 15) is 0 Å². The Balaban J connectivity index is 1.42. The number of aromatic nitrogens is 4. The van der Waals surface area contributed by atoms with Crippen molar-refractivity contribution in [3.05, 3.63) is 144 Å². The summed E-state index contributed by atoms with van der Waals surface area (Å²) in [6, 6.07) is 44.6. The van der Waals surface area contributed by atoms with Gasteiger partial charge >= 0.3 is 0 Å². The van der Waals surface area contributed by atoms with Gasteiger partial charge in [0.2, 0.25) is 0 Å². The van der Waals surface area contributed by atoms with Gasteiger partial charge in [-0.3, -0.25) is 17.9 Å². The lowest BCUT2D eigenvalue weighted by molar-refractivity contribution is 0.486. The van der Waals surface area contributed by atoms with Crippen LogP contribution in [0.2, 0.25) is 0 Å². The van der Waals surface area contributed by atoms with Crippen LogP contribution >= 0.6 is 0 Å². The van der Waals surface area contributed by atoms with E-state index in [2.05, 4.69) is 240 Å². The van der Waals surface area contributed by atoms with Crippen molar-refractivity contribution in [1.29, 1.82) is 0 Å². The number of fused-ring (bicyclic) bond motifs is 8. The summed E-state index contributed by atoms with van der Waals surface area (Å²) in [6.07, 6.45) is 8.65. The van der Waals surface area contributed by atoms with Crippen LogP contribution in [-0.4, -0.2) is 105 Å². The van der Waals surface area contributed by atoms with Crippen LogP contribution in [0.1, 0.15) is 22.8 Å². The number of hydrogen-bond acceptors (Lipinski definition) is 2. The van der Waals surface area contributed by atoms with Gasteiger partial charge in [-0.15, -0.1) is 0 Å². The van der Waals surface area contributed by atoms with E-state index in [0.717, 1.165) is 107 Å². The highest BCUT2D eigenvalue weighted by Crippen LogP contribution is 2.40. The molecule has 2 aliphatic heterocycles. The SMILES string of the molecule is C[N+](C)(C)c1ccc(-c2c3nc(c(-c4ccc([N+](C)(C)C)cc4)c4ccc([nH]4)c(-c4ccc([N+](C)(C)C)cc4)c4ccc([nH]4)c(-c4ccc([N+](C)(C)C)cc4)c4nc2C=C4)C=C3)cc1. The maximum Gasteiger partial charge on any atom is 0.132 e. The van der Waals surface area contributed by atoms with Gasteiger partial charge in [-0.1, -0.05) is 0 Å². The zero-order chi connectivity index (χ0) is 45.3. The lowest BCUT2D eigenvalue weighted by atomic mass is 10.0. The highest BCUT2D eigenvalue weighted by molar-refractivity contribution is 6.00. The second kappa shape index (κ2) is 15.5. The van der Waals surface area contributed by atoms with Crippen molar-refractivity contribution in [3.8, 4) is 44.5 Å². The fourth-order valence-electron chi connectivity index (χ4n) is 8.72. The number of aromatic amines is 2. The Morgan fingerprint density at radius 3 is 0.750 bits per heavy atom. The molecule has 0 saturated heterocycles. The minimum Gasteiger partial charge on any atom is -0.354 e. The molecular formula is C56H62N8+4. The largest absolute Gasteiger partial charge is 0.354 e. The van der Waals surface area contributed by atoms with E-state index in [1.165, 1.54) is 22.7 Å². The average molecular weight is 847 g/mol. The number of nitrogens with zero attached hydrogens (tertiary/aromatic N) is 6. The molecule has 4 aromatic carbocycles. The molecule has 0 saturated carbocycles. The molecule has 7 aromatic rings. The zero-order valence-corrected chi connectivity index (χ0v) is 39.5. The average Bonchev–Trinajstić information content (AvgIpc) is 4.08. The van der Waals surface area contributed by atoms with Crippen molar-refractivity contribution in [3.63, 3.8) is 0 Å². The number of nitrogens with one attached hydrogen (secondary N) is 2. The van der Waals surface area contributed by atoms with Crippen molar-refractivity contribution in [2.75, 3.05) is 84.6 Å². The van der Waals surface area contributed by atoms with E-state index in [1.807, 2.05) is 0 Å². The molecule has 2 N–H and O–H groups in total. The summed E-state index contributed by atoms with van der Waals surface area (Å²) in [5, 5.41) is 0. The maximum atomic E-state index is 5.53. The number of H-pyrrole nitrogens is 2. The van der Waals surface area contributed by atoms with Gasteiger partial charge < -0.3 is 9.97 Å². The monoisotopic (exact) mass is 847 g/mol. The van der Waals surface area contributed by atoms with Gasteiger partial charge in [-0.05, 0) is 168 Å². The molecule has 0 fully saturated rings. The zero-order valence-electron chi connectivity index (χ0n) is 39.5. The Morgan fingerprint density at radius 2 is 0.484 bits per heavy atom. The third-order valence-corrected chi connectivity index (χ3v) is 12.5. The number of quaternary nitrogens is 4. The molecule has 0 atom stereocenters. The van der Waals surface area contributed by atoms with Crippen LogP contribution in [0.25, 0.3) is 90.9 Å². The first-order chi connectivity index (χ1) is 30.2. The second-order valence-corrected chi connectivity index (χ2v) is 20.7. The molecule has 2 aliphatic rings. The first kappa shape index (κ1) is 42.6. The topological polar surface area (TPSA) is 57.4 Å². The first-order valence-electron chi connectivity index (χ1n) is 22.1. The highest BCUT2D eigenvalue weighted by Gasteiger charge is 2.22. The Bertz CT molecular complexity index is 2980. The van der Waals surface area contributed by atoms with Gasteiger partial charge in [-0.25, -0.2) is 9.97 Å². The number of hydrogen-bond donors (Lipinski definition) is 2. The third kappa shape index (κ3) is 8.17. The minimum absolute atomic E-state index is 0.723. The summed E-state index contributed by atoms with van der Waals surface area (Å²) in [5.41, 5.74) is 20.9. The van der Waals surface area contributed by atoms with Crippen molar-refractivity contribution < 1.29 is 0 Å². The molecule has 0 spiro atoms. The quantitative estimate of drug-likeness (QED) is 0.150. The normalized spacial score (nSPS) is 13.2. The molecule has 0 aliphatic carbocycles. The summed E-state index contributed by atoms with van der Waals surface area (Å²) in [7, 11) is 26.4. The van der Waals surface area contributed by atoms with Crippen molar-refractivity contribution >= 4 is 69.1 Å². The molecule has 0 radical (unpaired) electrons. The standard InChI is InChI=1S/C56H62N8/c1-61(2,3)41-21-13-37(14-22-41)53-45-29-31-47(57-45)54(38-15-23-42(24-16-38)62(4,5)6)49-33-35-51(59-49)56(40-19-27-44(28-20-40)64(10,11)12)52-36-34-50(60-52)55(48-32-30-46(53)58-48)39-17-25-43(26-18-39)63(7,8)9/h13-36,57-58H,1-12H3/q+4. The maximum absolute atomic E-state index is 5.53. The van der Waals surface area contributed by atoms with E-state index in [0.29, 0.717) is 0 Å². The first-order valence-corrected chi connectivity index (χ1v) is 22.1. The summed E-state index contributed by atoms with van der Waals surface area (Å²) in [5.74, 6) is 0. The Labute approximate surface area is 378 Å². The summed E-state index contributed by atoms with van der Waals surface area (Å²) in [4.78, 5) is 18.9. The molecule has 8 nitrogen and oxygen atoms in total. The summed E-state index contributed by atoms with van der Waals surface area (Å²) < 4.78 is 2.91. The minimum atomic E-state index is 0.723. The second-order valence-electron chi connectivity index (χ2n) is 20.7. The Morgan fingerprint density at radius 1 is 0.266 bits per heavy atom. The van der Waals surface area contributed by atoms with Gasteiger partial charge in [0.1, 0.15) is 22.7 Å². The van der Waals surface area contributed by atoms with E-state index in [4.69, 9.17) is 9.97 Å². The molecule has 9 rings (SSSR count). The van der Waals surface area contributed by atoms with Gasteiger partial charge in [0, 0.05) is 44.3 Å². The van der Waals surface area contributed by atoms with Gasteiger partial charge in [0.25, 0.3) is 0 Å². The van der Waals surface area contributed by atoms with Gasteiger partial charge in [0.05, 0.1) is 107 Å². The molecule has 3 aromatic heterocycles. The van der Waals surface area contributed by atoms with Crippen molar-refractivity contribution in [1.82, 2.24) is 37.9 Å². The Hall–Kier alpha value is -6.68. The van der Waals surface area contributed by atoms with Crippen LogP contribution in [0.5, 0.6) is 0 Å². The van der Waals surface area contributed by atoms with Crippen LogP contribution < -0.4 is 17.9 Å². The van der Waals surface area contributed by atoms with E-state index >= 15 is 0 Å². The number of rotatable bonds is 8. The lowest BCUT2D eigenvalue weighted by Crippen LogP contribution is -2.34. The van der Waals surface area contributed by atoms with Crippen molar-refractivity contribution in [2.45, 2.75) is 0 Å². The van der Waals surface area contributed by atoms with E-state index in [1.54, 1.807) is 0 Å². The fraction of sp³-hybridized carbons (Fsp3) is 0.214. The molecule has 0 amide bonds. The Kier molecular flexibility index (Phi) is 10.3. The lowest BCUT2D eigenvalue weighted by Gasteiger charge is -2.23. The molecular weight excluding hydrogens is 785 g/mol. The molecule has 322 valence electrons. The van der Waals surface area contributed by atoms with Crippen LogP contribution in [0.15, 0.2) is 121 Å². The highest BCUT2D eigenvalue weighted by atomic mass is 15.3. The van der Waals surface area contributed by atoms with Crippen LogP contribution in [0, 0.1) is 0 Å². The fourth-order valence-corrected chi connectivity index (χ4v) is 8.72. The summed E-state index contributed by atoms with van der Waals surface area (Å²) >= 11 is 0. The van der Waals surface area contributed by atoms with Crippen LogP contribution in [-0.2, 0) is 0 Å². The molecule has 8 bridgehead atoms. The number of benzene rings is 4.